The third kappa shape index (κ3) is 5.26. The number of amides is 1. The maximum Gasteiger partial charge on any atom is 0.416 e. The fourth-order valence-electron chi connectivity index (χ4n) is 1.25. The van der Waals surface area contributed by atoms with Crippen molar-refractivity contribution in [1.82, 2.24) is 5.32 Å². The van der Waals surface area contributed by atoms with Crippen LogP contribution in [0.2, 0.25) is 0 Å². The van der Waals surface area contributed by atoms with Gasteiger partial charge in [-0.05, 0) is 18.2 Å². The molecule has 1 aromatic rings. The third-order valence-corrected chi connectivity index (χ3v) is 2.90. The van der Waals surface area contributed by atoms with Crippen LogP contribution in [0, 0.1) is 0 Å². The van der Waals surface area contributed by atoms with Crippen molar-refractivity contribution in [3.8, 4) is 0 Å². The third-order valence-electron chi connectivity index (χ3n) is 2.12. The Bertz CT molecular complexity index is 570. The molecule has 0 bridgehead atoms. The van der Waals surface area contributed by atoms with Crippen LogP contribution in [-0.4, -0.2) is 26.6 Å². The molecule has 0 heterocycles. The lowest BCUT2D eigenvalue weighted by molar-refractivity contribution is -0.137. The van der Waals surface area contributed by atoms with E-state index in [1.54, 1.807) is 0 Å². The van der Waals surface area contributed by atoms with Gasteiger partial charge in [0.05, 0.1) is 11.3 Å². The van der Waals surface area contributed by atoms with Crippen molar-refractivity contribution in [1.29, 1.82) is 0 Å². The van der Waals surface area contributed by atoms with Gasteiger partial charge in [-0.1, -0.05) is 6.07 Å². The average molecular weight is 296 g/mol. The highest BCUT2D eigenvalue weighted by atomic mass is 32.2. The zero-order valence-electron chi connectivity index (χ0n) is 9.57. The van der Waals surface area contributed by atoms with Crippen molar-refractivity contribution in [3.05, 3.63) is 35.4 Å². The van der Waals surface area contributed by atoms with E-state index in [2.05, 4.69) is 5.32 Å². The number of benzene rings is 1. The molecule has 1 aromatic carbocycles. The maximum atomic E-state index is 12.4. The highest BCUT2D eigenvalue weighted by Crippen LogP contribution is 2.29. The van der Waals surface area contributed by atoms with E-state index < -0.39 is 33.4 Å². The first-order valence-corrected chi connectivity index (χ1v) is 6.77. The molecule has 1 rings (SSSR count). The van der Waals surface area contributed by atoms with Crippen molar-refractivity contribution in [2.45, 2.75) is 6.18 Å². The Hall–Kier alpha value is -1.61. The molecule has 0 aliphatic carbocycles. The molecule has 0 unspecified atom stereocenters. The number of nitrogens with one attached hydrogen (secondary N) is 1. The smallest absolute Gasteiger partial charge is 0.351 e. The Morgan fingerprint density at radius 1 is 1.32 bits per heavy atom. The van der Waals surface area contributed by atoms with Crippen LogP contribution in [0.1, 0.15) is 15.9 Å². The largest absolute Gasteiger partial charge is 0.416 e. The summed E-state index contributed by atoms with van der Waals surface area (Å²) in [6.45, 7) is -0.270. The fraction of sp³-hybridized carbons (Fsp3) is 0.300. The molecule has 106 valence electrons. The van der Waals surface area contributed by atoms with Crippen LogP contribution < -0.4 is 10.5 Å². The number of nitrogens with two attached hydrogens (primary N) is 1. The van der Waals surface area contributed by atoms with Gasteiger partial charge in [0.2, 0.25) is 10.0 Å². The molecule has 5 nitrogen and oxygen atoms in total. The second-order valence-electron chi connectivity index (χ2n) is 3.70. The summed E-state index contributed by atoms with van der Waals surface area (Å²) in [4.78, 5) is 11.5. The van der Waals surface area contributed by atoms with Gasteiger partial charge in [-0.15, -0.1) is 0 Å². The standard InChI is InChI=1S/C10H11F3N2O3S/c11-10(12,13)8-3-1-2-7(6-8)9(16)15-4-5-19(14,17)18/h1-3,6H,4-5H2,(H,15,16)(H2,14,17,18). The van der Waals surface area contributed by atoms with Gasteiger partial charge in [0, 0.05) is 12.1 Å². The number of hydrogen-bond donors (Lipinski definition) is 2. The summed E-state index contributed by atoms with van der Waals surface area (Å²) in [5.74, 6) is -1.28. The Labute approximate surface area is 107 Å². The highest BCUT2D eigenvalue weighted by Gasteiger charge is 2.30. The molecule has 0 spiro atoms. The van der Waals surface area contributed by atoms with E-state index in [9.17, 15) is 26.4 Å². The van der Waals surface area contributed by atoms with Crippen LogP contribution in [0.3, 0.4) is 0 Å². The zero-order valence-corrected chi connectivity index (χ0v) is 10.4. The minimum Gasteiger partial charge on any atom is -0.351 e. The van der Waals surface area contributed by atoms with Crippen molar-refractivity contribution in [2.24, 2.45) is 5.14 Å². The quantitative estimate of drug-likeness (QED) is 0.858. The maximum absolute atomic E-state index is 12.4. The summed E-state index contributed by atoms with van der Waals surface area (Å²) in [7, 11) is -3.73. The monoisotopic (exact) mass is 296 g/mol. The summed E-state index contributed by atoms with van der Waals surface area (Å²) >= 11 is 0. The summed E-state index contributed by atoms with van der Waals surface area (Å²) < 4.78 is 58.5. The summed E-state index contributed by atoms with van der Waals surface area (Å²) in [6, 6.07) is 3.81. The average Bonchev–Trinajstić information content (AvgIpc) is 2.26. The van der Waals surface area contributed by atoms with Gasteiger partial charge in [0.15, 0.2) is 0 Å². The Balaban J connectivity index is 2.73. The summed E-state index contributed by atoms with van der Waals surface area (Å²) in [5.41, 5.74) is -1.16. The second kappa shape index (κ2) is 5.57. The zero-order chi connectivity index (χ0) is 14.7. The first-order valence-electron chi connectivity index (χ1n) is 5.05. The van der Waals surface area contributed by atoms with Crippen LogP contribution in [0.4, 0.5) is 13.2 Å². The Kier molecular flexibility index (Phi) is 4.53. The number of rotatable bonds is 4. The molecule has 1 amide bonds. The fourth-order valence-corrected chi connectivity index (χ4v) is 1.63. The predicted molar refractivity (Wildman–Crippen MR) is 61.8 cm³/mol. The van der Waals surface area contributed by atoms with Crippen LogP contribution in [0.25, 0.3) is 0 Å². The molecule has 9 heteroatoms. The molecule has 0 fully saturated rings. The lowest BCUT2D eigenvalue weighted by atomic mass is 10.1. The highest BCUT2D eigenvalue weighted by molar-refractivity contribution is 7.89. The van der Waals surface area contributed by atoms with E-state index in [1.807, 2.05) is 0 Å². The molecular weight excluding hydrogens is 285 g/mol. The first-order chi connectivity index (χ1) is 8.59. The summed E-state index contributed by atoms with van der Waals surface area (Å²) in [6.07, 6.45) is -4.54. The van der Waals surface area contributed by atoms with Gasteiger partial charge in [0.1, 0.15) is 0 Å². The number of sulfonamides is 1. The normalized spacial score (nSPS) is 12.2. The number of hydrogen-bond acceptors (Lipinski definition) is 3. The number of primary sulfonamides is 1. The van der Waals surface area contributed by atoms with Gasteiger partial charge in [-0.3, -0.25) is 4.79 Å². The molecule has 0 aliphatic rings. The number of halogens is 3. The van der Waals surface area contributed by atoms with Crippen LogP contribution in [-0.2, 0) is 16.2 Å². The number of alkyl halides is 3. The van der Waals surface area contributed by atoms with Crippen molar-refractivity contribution < 1.29 is 26.4 Å². The van der Waals surface area contributed by atoms with E-state index in [0.717, 1.165) is 12.1 Å². The van der Waals surface area contributed by atoms with E-state index in [4.69, 9.17) is 5.14 Å². The van der Waals surface area contributed by atoms with Crippen molar-refractivity contribution in [3.63, 3.8) is 0 Å². The molecule has 0 radical (unpaired) electrons. The van der Waals surface area contributed by atoms with Gasteiger partial charge >= 0.3 is 6.18 Å². The Morgan fingerprint density at radius 2 is 1.95 bits per heavy atom. The van der Waals surface area contributed by atoms with E-state index >= 15 is 0 Å². The van der Waals surface area contributed by atoms with E-state index in [0.29, 0.717) is 6.07 Å². The van der Waals surface area contributed by atoms with Crippen LogP contribution in [0.15, 0.2) is 24.3 Å². The van der Waals surface area contributed by atoms with Crippen molar-refractivity contribution >= 4 is 15.9 Å². The SMILES string of the molecule is NS(=O)(=O)CCNC(=O)c1cccc(C(F)(F)F)c1. The molecule has 0 saturated heterocycles. The van der Waals surface area contributed by atoms with Gasteiger partial charge in [0.25, 0.3) is 5.91 Å². The van der Waals surface area contributed by atoms with Crippen molar-refractivity contribution in [2.75, 3.05) is 12.3 Å². The molecule has 0 aliphatic heterocycles. The second-order valence-corrected chi connectivity index (χ2v) is 5.44. The molecule has 0 aromatic heterocycles. The predicted octanol–water partition coefficient (Wildman–Crippen LogP) is 0.724. The van der Waals surface area contributed by atoms with Gasteiger partial charge < -0.3 is 5.32 Å². The van der Waals surface area contributed by atoms with Gasteiger partial charge in [-0.2, -0.15) is 13.2 Å². The molecule has 0 atom stereocenters. The van der Waals surface area contributed by atoms with E-state index in [-0.39, 0.29) is 12.1 Å². The number of carbonyl (C=O) groups is 1. The Morgan fingerprint density at radius 3 is 2.47 bits per heavy atom. The lowest BCUT2D eigenvalue weighted by Crippen LogP contribution is -2.31. The topological polar surface area (TPSA) is 89.3 Å². The molecular formula is C10H11F3N2O3S. The summed E-state index contributed by atoms with van der Waals surface area (Å²) in [5, 5.41) is 6.88. The lowest BCUT2D eigenvalue weighted by Gasteiger charge is -2.09. The first kappa shape index (κ1) is 15.4. The van der Waals surface area contributed by atoms with Crippen LogP contribution in [0.5, 0.6) is 0 Å². The molecule has 0 saturated carbocycles. The minimum atomic E-state index is -4.54. The minimum absolute atomic E-state index is 0.204. The molecule has 19 heavy (non-hydrogen) atoms. The van der Waals surface area contributed by atoms with E-state index in [1.165, 1.54) is 6.07 Å². The van der Waals surface area contributed by atoms with Gasteiger partial charge in [-0.25, -0.2) is 13.6 Å². The van der Waals surface area contributed by atoms with Crippen LogP contribution >= 0.6 is 0 Å². The number of carbonyl (C=O) groups excluding carboxylic acids is 1. The molecule has 3 N–H and O–H groups in total.